The summed E-state index contributed by atoms with van der Waals surface area (Å²) in [5, 5.41) is 7.30. The Bertz CT molecular complexity index is 870. The van der Waals surface area contributed by atoms with Gasteiger partial charge in [-0.3, -0.25) is 9.69 Å². The Kier molecular flexibility index (Phi) is 4.78. The van der Waals surface area contributed by atoms with Crippen LogP contribution in [0.2, 0.25) is 0 Å². The van der Waals surface area contributed by atoms with Crippen LogP contribution in [0.4, 0.5) is 5.69 Å². The van der Waals surface area contributed by atoms with E-state index in [0.717, 1.165) is 56.3 Å². The number of hydrogen-bond acceptors (Lipinski definition) is 5. The standard InChI is InChI=1S/C20H25N3O3/c1-13-11-19(24)26-18-12-14(4-5-16(13)18)22-20(25)17-3-2-10-23(17)15-6-8-21-9-7-15/h4-5,11-12,15,17,21H,2-3,6-10H2,1H3,(H,22,25)/t17-/m0/s1. The van der Waals surface area contributed by atoms with Crippen LogP contribution in [0.3, 0.4) is 0 Å². The van der Waals surface area contributed by atoms with Gasteiger partial charge in [-0.1, -0.05) is 0 Å². The summed E-state index contributed by atoms with van der Waals surface area (Å²) in [5.74, 6) is 0.0374. The van der Waals surface area contributed by atoms with Gasteiger partial charge in [0.15, 0.2) is 0 Å². The molecular weight excluding hydrogens is 330 g/mol. The first-order chi connectivity index (χ1) is 12.6. The number of nitrogens with zero attached hydrogens (tertiary/aromatic N) is 1. The van der Waals surface area contributed by atoms with Crippen molar-refractivity contribution in [3.63, 3.8) is 0 Å². The number of piperidine rings is 1. The Balaban J connectivity index is 1.52. The fraction of sp³-hybridized carbons (Fsp3) is 0.500. The van der Waals surface area contributed by atoms with Crippen LogP contribution in [0.15, 0.2) is 33.5 Å². The van der Waals surface area contributed by atoms with Gasteiger partial charge in [0.05, 0.1) is 6.04 Å². The molecule has 4 rings (SSSR count). The number of rotatable bonds is 3. The lowest BCUT2D eigenvalue weighted by Gasteiger charge is -2.35. The zero-order valence-electron chi connectivity index (χ0n) is 15.1. The van der Waals surface area contributed by atoms with Gasteiger partial charge in [-0.25, -0.2) is 4.79 Å². The molecule has 6 nitrogen and oxygen atoms in total. The third-order valence-corrected chi connectivity index (χ3v) is 5.59. The maximum atomic E-state index is 12.9. The number of likely N-dealkylation sites (tertiary alicyclic amines) is 1. The molecule has 0 bridgehead atoms. The third kappa shape index (κ3) is 3.39. The maximum Gasteiger partial charge on any atom is 0.336 e. The van der Waals surface area contributed by atoms with E-state index in [4.69, 9.17) is 4.42 Å². The van der Waals surface area contributed by atoms with E-state index in [-0.39, 0.29) is 17.6 Å². The van der Waals surface area contributed by atoms with E-state index in [1.807, 2.05) is 19.1 Å². The van der Waals surface area contributed by atoms with Crippen LogP contribution in [-0.4, -0.2) is 42.5 Å². The average molecular weight is 355 g/mol. The molecule has 138 valence electrons. The summed E-state index contributed by atoms with van der Waals surface area (Å²) >= 11 is 0. The molecule has 2 saturated heterocycles. The number of hydrogen-bond donors (Lipinski definition) is 2. The van der Waals surface area contributed by atoms with Crippen molar-refractivity contribution in [2.24, 2.45) is 0 Å². The largest absolute Gasteiger partial charge is 0.423 e. The molecule has 2 N–H and O–H groups in total. The summed E-state index contributed by atoms with van der Waals surface area (Å²) in [6.45, 7) is 4.93. The van der Waals surface area contributed by atoms with Gasteiger partial charge in [0, 0.05) is 29.2 Å². The van der Waals surface area contributed by atoms with Crippen LogP contribution in [-0.2, 0) is 4.79 Å². The van der Waals surface area contributed by atoms with Crippen LogP contribution >= 0.6 is 0 Å². The number of carbonyl (C=O) groups excluding carboxylic acids is 1. The Hall–Kier alpha value is -2.18. The maximum absolute atomic E-state index is 12.9. The number of carbonyl (C=O) groups is 1. The molecule has 26 heavy (non-hydrogen) atoms. The molecule has 1 aromatic carbocycles. The number of anilines is 1. The lowest BCUT2D eigenvalue weighted by atomic mass is 10.0. The molecule has 0 aliphatic carbocycles. The predicted molar refractivity (Wildman–Crippen MR) is 101 cm³/mol. The van der Waals surface area contributed by atoms with E-state index in [1.54, 1.807) is 6.07 Å². The van der Waals surface area contributed by atoms with E-state index in [0.29, 0.717) is 17.3 Å². The van der Waals surface area contributed by atoms with Crippen molar-refractivity contribution in [3.05, 3.63) is 40.2 Å². The summed E-state index contributed by atoms with van der Waals surface area (Å²) < 4.78 is 5.28. The molecule has 0 radical (unpaired) electrons. The molecule has 2 aliphatic rings. The Morgan fingerprint density at radius 3 is 2.85 bits per heavy atom. The van der Waals surface area contributed by atoms with E-state index in [9.17, 15) is 9.59 Å². The minimum Gasteiger partial charge on any atom is -0.423 e. The van der Waals surface area contributed by atoms with Gasteiger partial charge >= 0.3 is 5.63 Å². The van der Waals surface area contributed by atoms with Crippen molar-refractivity contribution in [2.75, 3.05) is 25.0 Å². The second-order valence-electron chi connectivity index (χ2n) is 7.33. The summed E-state index contributed by atoms with van der Waals surface area (Å²) in [4.78, 5) is 26.9. The van der Waals surface area contributed by atoms with Crippen molar-refractivity contribution >= 4 is 22.6 Å². The fourth-order valence-corrected chi connectivity index (χ4v) is 4.27. The van der Waals surface area contributed by atoms with Gasteiger partial charge in [0.2, 0.25) is 5.91 Å². The number of amides is 1. The summed E-state index contributed by atoms with van der Waals surface area (Å²) in [7, 11) is 0. The Morgan fingerprint density at radius 2 is 2.04 bits per heavy atom. The number of aryl methyl sites for hydroxylation is 1. The molecule has 0 saturated carbocycles. The van der Waals surface area contributed by atoms with Crippen molar-refractivity contribution in [2.45, 2.75) is 44.7 Å². The zero-order valence-corrected chi connectivity index (χ0v) is 15.1. The van der Waals surface area contributed by atoms with Crippen LogP contribution < -0.4 is 16.3 Å². The monoisotopic (exact) mass is 355 g/mol. The van der Waals surface area contributed by atoms with Crippen molar-refractivity contribution in [1.82, 2.24) is 10.2 Å². The Morgan fingerprint density at radius 1 is 1.23 bits per heavy atom. The lowest BCUT2D eigenvalue weighted by molar-refractivity contribution is -0.121. The SMILES string of the molecule is Cc1cc(=O)oc2cc(NC(=O)[C@@H]3CCCN3C3CCNCC3)ccc12. The van der Waals surface area contributed by atoms with Gasteiger partial charge in [-0.2, -0.15) is 0 Å². The highest BCUT2D eigenvalue weighted by Crippen LogP contribution is 2.26. The predicted octanol–water partition coefficient (Wildman–Crippen LogP) is 2.26. The topological polar surface area (TPSA) is 74.6 Å². The highest BCUT2D eigenvalue weighted by Gasteiger charge is 2.35. The summed E-state index contributed by atoms with van der Waals surface area (Å²) in [5.41, 5.74) is 1.69. The highest BCUT2D eigenvalue weighted by atomic mass is 16.4. The van der Waals surface area contributed by atoms with Crippen molar-refractivity contribution < 1.29 is 9.21 Å². The first-order valence-electron chi connectivity index (χ1n) is 9.44. The van der Waals surface area contributed by atoms with E-state index in [1.165, 1.54) is 6.07 Å². The van der Waals surface area contributed by atoms with Crippen LogP contribution in [0.1, 0.15) is 31.2 Å². The lowest BCUT2D eigenvalue weighted by Crippen LogP contribution is -2.49. The molecule has 6 heteroatoms. The third-order valence-electron chi connectivity index (χ3n) is 5.59. The van der Waals surface area contributed by atoms with Gasteiger partial charge in [0.1, 0.15) is 5.58 Å². The molecule has 1 atom stereocenters. The summed E-state index contributed by atoms with van der Waals surface area (Å²) in [6, 6.07) is 7.41. The minimum atomic E-state index is -0.369. The van der Waals surface area contributed by atoms with Gasteiger partial charge in [0.25, 0.3) is 0 Å². The normalized spacial score (nSPS) is 22.0. The van der Waals surface area contributed by atoms with Gasteiger partial charge in [-0.05, 0) is 69.9 Å². The number of fused-ring (bicyclic) bond motifs is 1. The molecule has 0 spiro atoms. The molecule has 1 aromatic heterocycles. The van der Waals surface area contributed by atoms with Crippen molar-refractivity contribution in [3.8, 4) is 0 Å². The average Bonchev–Trinajstić information content (AvgIpc) is 3.12. The molecular formula is C20H25N3O3. The van der Waals surface area contributed by atoms with Crippen LogP contribution in [0.25, 0.3) is 11.0 Å². The fourth-order valence-electron chi connectivity index (χ4n) is 4.27. The van der Waals surface area contributed by atoms with Crippen LogP contribution in [0, 0.1) is 6.92 Å². The first kappa shape index (κ1) is 17.2. The molecule has 1 amide bonds. The number of benzene rings is 1. The zero-order chi connectivity index (χ0) is 18.1. The molecule has 3 heterocycles. The molecule has 2 aliphatic heterocycles. The number of nitrogens with one attached hydrogen (secondary N) is 2. The first-order valence-corrected chi connectivity index (χ1v) is 9.44. The van der Waals surface area contributed by atoms with E-state index in [2.05, 4.69) is 15.5 Å². The van der Waals surface area contributed by atoms with Gasteiger partial charge < -0.3 is 15.1 Å². The quantitative estimate of drug-likeness (QED) is 0.826. The van der Waals surface area contributed by atoms with E-state index < -0.39 is 0 Å². The molecule has 2 fully saturated rings. The second kappa shape index (κ2) is 7.21. The smallest absolute Gasteiger partial charge is 0.336 e. The van der Waals surface area contributed by atoms with Crippen LogP contribution in [0.5, 0.6) is 0 Å². The Labute approximate surface area is 152 Å². The molecule has 2 aromatic rings. The van der Waals surface area contributed by atoms with Crippen molar-refractivity contribution in [1.29, 1.82) is 0 Å². The minimum absolute atomic E-state index is 0.0374. The van der Waals surface area contributed by atoms with Gasteiger partial charge in [-0.15, -0.1) is 0 Å². The van der Waals surface area contributed by atoms with E-state index >= 15 is 0 Å². The summed E-state index contributed by atoms with van der Waals surface area (Å²) in [6.07, 6.45) is 4.17. The second-order valence-corrected chi connectivity index (χ2v) is 7.33. The highest BCUT2D eigenvalue weighted by molar-refractivity contribution is 5.97. The molecule has 0 unspecified atom stereocenters.